The van der Waals surface area contributed by atoms with Gasteiger partial charge >= 0.3 is 0 Å². The summed E-state index contributed by atoms with van der Waals surface area (Å²) in [6.07, 6.45) is 0. The first kappa shape index (κ1) is 11.8. The zero-order valence-corrected chi connectivity index (χ0v) is 11.7. The van der Waals surface area contributed by atoms with Crippen molar-refractivity contribution in [3.05, 3.63) is 39.4 Å². The van der Waals surface area contributed by atoms with Gasteiger partial charge in [-0.2, -0.15) is 0 Å². The highest BCUT2D eigenvalue weighted by atomic mass is 79.9. The molecule has 1 heterocycles. The zero-order valence-electron chi connectivity index (χ0n) is 9.25. The molecular weight excluding hydrogens is 284 g/mol. The van der Waals surface area contributed by atoms with Gasteiger partial charge in [-0.1, -0.05) is 34.1 Å². The molecule has 0 aliphatic rings. The molecule has 84 valence electrons. The number of benzene rings is 1. The van der Waals surface area contributed by atoms with Gasteiger partial charge in [-0.15, -0.1) is 11.3 Å². The maximum Gasteiger partial charge on any atom is 0.107 e. The molecule has 2 rings (SSSR count). The highest BCUT2D eigenvalue weighted by molar-refractivity contribution is 9.10. The Kier molecular flexibility index (Phi) is 3.74. The Balaban J connectivity index is 2.44. The lowest BCUT2D eigenvalue weighted by molar-refractivity contribution is 0.807. The van der Waals surface area contributed by atoms with Crippen LogP contribution in [0, 0.1) is 6.92 Å². The number of hydrogen-bond donors (Lipinski definition) is 1. The van der Waals surface area contributed by atoms with Crippen molar-refractivity contribution < 1.29 is 0 Å². The van der Waals surface area contributed by atoms with E-state index in [1.165, 1.54) is 10.4 Å². The summed E-state index contributed by atoms with van der Waals surface area (Å²) in [4.78, 5) is 5.80. The normalized spacial score (nSPS) is 10.7. The Morgan fingerprint density at radius 3 is 2.81 bits per heavy atom. The summed E-state index contributed by atoms with van der Waals surface area (Å²) < 4.78 is 1.12. The highest BCUT2D eigenvalue weighted by Gasteiger charge is 2.11. The lowest BCUT2D eigenvalue weighted by Crippen LogP contribution is -2.04. The first-order chi connectivity index (χ1) is 7.72. The fourth-order valence-corrected chi connectivity index (χ4v) is 3.30. The molecule has 1 aromatic carbocycles. The van der Waals surface area contributed by atoms with E-state index in [4.69, 9.17) is 0 Å². The van der Waals surface area contributed by atoms with Gasteiger partial charge in [0, 0.05) is 16.6 Å². The smallest absolute Gasteiger partial charge is 0.107 e. The van der Waals surface area contributed by atoms with Gasteiger partial charge < -0.3 is 5.32 Å². The average Bonchev–Trinajstić information content (AvgIpc) is 2.61. The van der Waals surface area contributed by atoms with Crippen LogP contribution in [0.3, 0.4) is 0 Å². The molecule has 2 nitrogen and oxygen atoms in total. The Hall–Kier alpha value is -0.710. The van der Waals surface area contributed by atoms with Crippen LogP contribution in [0.4, 0.5) is 0 Å². The Morgan fingerprint density at radius 2 is 2.12 bits per heavy atom. The lowest BCUT2D eigenvalue weighted by atomic mass is 10.2. The van der Waals surface area contributed by atoms with Crippen LogP contribution >= 0.6 is 27.3 Å². The molecule has 0 amide bonds. The van der Waals surface area contributed by atoms with E-state index in [0.717, 1.165) is 21.7 Å². The van der Waals surface area contributed by atoms with Gasteiger partial charge in [-0.25, -0.2) is 4.98 Å². The van der Waals surface area contributed by atoms with Gasteiger partial charge in [0.2, 0.25) is 0 Å². The Bertz CT molecular complexity index is 494. The van der Waals surface area contributed by atoms with Crippen LogP contribution in [0.15, 0.2) is 28.7 Å². The van der Waals surface area contributed by atoms with E-state index >= 15 is 0 Å². The van der Waals surface area contributed by atoms with E-state index in [1.54, 1.807) is 11.3 Å². The van der Waals surface area contributed by atoms with Crippen molar-refractivity contribution in [1.82, 2.24) is 10.3 Å². The standard InChI is InChI=1S/C12H13BrN2S/c1-8-12(16-11(15-8)7-14-2)9-5-3-4-6-10(9)13/h3-6,14H,7H2,1-2H3. The van der Waals surface area contributed by atoms with Crippen LogP contribution in [0.25, 0.3) is 10.4 Å². The van der Waals surface area contributed by atoms with Gasteiger partial charge in [0.25, 0.3) is 0 Å². The minimum Gasteiger partial charge on any atom is -0.314 e. The van der Waals surface area contributed by atoms with Crippen molar-refractivity contribution >= 4 is 27.3 Å². The molecule has 2 aromatic rings. The minimum absolute atomic E-state index is 0.829. The molecule has 0 aliphatic heterocycles. The zero-order chi connectivity index (χ0) is 11.5. The second-order valence-electron chi connectivity index (χ2n) is 3.53. The molecule has 0 radical (unpaired) electrons. The van der Waals surface area contributed by atoms with Crippen LogP contribution < -0.4 is 5.32 Å². The molecule has 0 atom stereocenters. The molecule has 4 heteroatoms. The first-order valence-corrected chi connectivity index (χ1v) is 6.69. The van der Waals surface area contributed by atoms with Gasteiger partial charge in [0.1, 0.15) is 5.01 Å². The van der Waals surface area contributed by atoms with Crippen molar-refractivity contribution in [3.63, 3.8) is 0 Å². The maximum absolute atomic E-state index is 4.55. The summed E-state index contributed by atoms with van der Waals surface area (Å²) in [7, 11) is 1.94. The minimum atomic E-state index is 0.829. The van der Waals surface area contributed by atoms with Crippen LogP contribution in [0.5, 0.6) is 0 Å². The third-order valence-electron chi connectivity index (χ3n) is 2.29. The van der Waals surface area contributed by atoms with Gasteiger partial charge in [-0.05, 0) is 20.0 Å². The molecule has 0 fully saturated rings. The number of aromatic nitrogens is 1. The van der Waals surface area contributed by atoms with Crippen molar-refractivity contribution in [3.8, 4) is 10.4 Å². The van der Waals surface area contributed by atoms with E-state index in [1.807, 2.05) is 13.1 Å². The maximum atomic E-state index is 4.55. The molecule has 0 unspecified atom stereocenters. The summed E-state index contributed by atoms with van der Waals surface area (Å²) in [5, 5.41) is 4.26. The number of hydrogen-bond acceptors (Lipinski definition) is 3. The summed E-state index contributed by atoms with van der Waals surface area (Å²) in [5.41, 5.74) is 2.32. The Morgan fingerprint density at radius 1 is 1.38 bits per heavy atom. The van der Waals surface area contributed by atoms with E-state index in [9.17, 15) is 0 Å². The predicted molar refractivity (Wildman–Crippen MR) is 72.8 cm³/mol. The SMILES string of the molecule is CNCc1nc(C)c(-c2ccccc2Br)s1. The van der Waals surface area contributed by atoms with Gasteiger partial charge in [0.15, 0.2) is 0 Å². The van der Waals surface area contributed by atoms with Crippen LogP contribution in [0.2, 0.25) is 0 Å². The largest absolute Gasteiger partial charge is 0.314 e. The van der Waals surface area contributed by atoms with Crippen LogP contribution in [0.1, 0.15) is 10.7 Å². The molecule has 0 saturated heterocycles. The molecule has 16 heavy (non-hydrogen) atoms. The number of halogens is 1. The highest BCUT2D eigenvalue weighted by Crippen LogP contribution is 2.34. The second kappa shape index (κ2) is 5.08. The number of nitrogens with zero attached hydrogens (tertiary/aromatic N) is 1. The number of nitrogens with one attached hydrogen (secondary N) is 1. The van der Waals surface area contributed by atoms with Crippen molar-refractivity contribution in [1.29, 1.82) is 0 Å². The molecule has 0 aliphatic carbocycles. The molecule has 1 N–H and O–H groups in total. The summed E-state index contributed by atoms with van der Waals surface area (Å²) in [5.74, 6) is 0. The molecule has 0 bridgehead atoms. The van der Waals surface area contributed by atoms with Crippen LogP contribution in [-0.2, 0) is 6.54 Å². The Labute approximate surface area is 108 Å². The monoisotopic (exact) mass is 296 g/mol. The van der Waals surface area contributed by atoms with E-state index in [2.05, 4.69) is 51.4 Å². The topological polar surface area (TPSA) is 24.9 Å². The van der Waals surface area contributed by atoms with Crippen molar-refractivity contribution in [2.24, 2.45) is 0 Å². The van der Waals surface area contributed by atoms with Crippen molar-refractivity contribution in [2.75, 3.05) is 7.05 Å². The number of aryl methyl sites for hydroxylation is 1. The van der Waals surface area contributed by atoms with Gasteiger partial charge in [-0.3, -0.25) is 0 Å². The van der Waals surface area contributed by atoms with E-state index in [-0.39, 0.29) is 0 Å². The van der Waals surface area contributed by atoms with E-state index < -0.39 is 0 Å². The first-order valence-electron chi connectivity index (χ1n) is 5.08. The summed E-state index contributed by atoms with van der Waals surface area (Å²) in [6.45, 7) is 2.89. The van der Waals surface area contributed by atoms with Gasteiger partial charge in [0.05, 0.1) is 10.6 Å². The number of thiazole rings is 1. The second-order valence-corrected chi connectivity index (χ2v) is 5.47. The molecular formula is C12H13BrN2S. The summed E-state index contributed by atoms with van der Waals surface area (Å²) in [6, 6.07) is 8.26. The fraction of sp³-hybridized carbons (Fsp3) is 0.250. The molecule has 0 spiro atoms. The fourth-order valence-electron chi connectivity index (χ4n) is 1.57. The molecule has 1 aromatic heterocycles. The third kappa shape index (κ3) is 2.34. The predicted octanol–water partition coefficient (Wildman–Crippen LogP) is 3.60. The van der Waals surface area contributed by atoms with E-state index in [0.29, 0.717) is 0 Å². The summed E-state index contributed by atoms with van der Waals surface area (Å²) >= 11 is 5.33. The third-order valence-corrected chi connectivity index (χ3v) is 4.17. The average molecular weight is 297 g/mol. The number of rotatable bonds is 3. The quantitative estimate of drug-likeness (QED) is 0.936. The lowest BCUT2D eigenvalue weighted by Gasteiger charge is -2.01. The van der Waals surface area contributed by atoms with Crippen LogP contribution in [-0.4, -0.2) is 12.0 Å². The molecule has 0 saturated carbocycles. The van der Waals surface area contributed by atoms with Crippen molar-refractivity contribution in [2.45, 2.75) is 13.5 Å².